The van der Waals surface area contributed by atoms with Crippen LogP contribution in [0, 0.1) is 0 Å². The first-order valence-electron chi connectivity index (χ1n) is 4.90. The molecule has 5 heteroatoms. The third kappa shape index (κ3) is 1.78. The molecule has 2 aromatic rings. The van der Waals surface area contributed by atoms with E-state index in [2.05, 4.69) is 5.32 Å². The fourth-order valence-electron chi connectivity index (χ4n) is 1.73. The van der Waals surface area contributed by atoms with Crippen molar-refractivity contribution in [2.45, 2.75) is 0 Å². The van der Waals surface area contributed by atoms with Gasteiger partial charge in [-0.3, -0.25) is 9.59 Å². The Kier molecular flexibility index (Phi) is 2.66. The molecule has 0 aliphatic carbocycles. The quantitative estimate of drug-likeness (QED) is 0.692. The average molecular weight is 230 g/mol. The molecule has 0 radical (unpaired) electrons. The topological polar surface area (TPSA) is 92.4 Å². The summed E-state index contributed by atoms with van der Waals surface area (Å²) in [5, 5.41) is 13.5. The summed E-state index contributed by atoms with van der Waals surface area (Å²) in [4.78, 5) is 21.5. The molecule has 0 unspecified atom stereocenters. The highest BCUT2D eigenvalue weighted by molar-refractivity contribution is 6.07. The van der Waals surface area contributed by atoms with Crippen molar-refractivity contribution >= 4 is 28.8 Å². The second-order valence-corrected chi connectivity index (χ2v) is 3.49. The largest absolute Gasteiger partial charge is 0.506 e. The van der Waals surface area contributed by atoms with Gasteiger partial charge in [0.15, 0.2) is 0 Å². The summed E-state index contributed by atoms with van der Waals surface area (Å²) in [6.07, 6.45) is 0.549. The molecule has 2 aromatic carbocycles. The number of nitrogens with one attached hydrogen (secondary N) is 1. The molecule has 0 spiro atoms. The third-order valence-electron chi connectivity index (χ3n) is 2.51. The van der Waals surface area contributed by atoms with E-state index in [1.165, 1.54) is 6.07 Å². The van der Waals surface area contributed by atoms with Crippen molar-refractivity contribution in [1.29, 1.82) is 0 Å². The van der Waals surface area contributed by atoms with E-state index in [1.807, 2.05) is 0 Å². The fraction of sp³-hybridized carbons (Fsp3) is 0. The Morgan fingerprint density at radius 2 is 2.00 bits per heavy atom. The van der Waals surface area contributed by atoms with Gasteiger partial charge < -0.3 is 16.2 Å². The zero-order valence-electron chi connectivity index (χ0n) is 8.81. The lowest BCUT2D eigenvalue weighted by atomic mass is 10.0. The molecule has 0 heterocycles. The molecular formula is C12H10N2O3. The SMILES string of the molecule is NC(=O)c1ccc2c(NC=O)cccc2c1O. The molecule has 0 saturated carbocycles. The van der Waals surface area contributed by atoms with Gasteiger partial charge in [0, 0.05) is 16.5 Å². The van der Waals surface area contributed by atoms with E-state index in [0.29, 0.717) is 22.9 Å². The van der Waals surface area contributed by atoms with Crippen LogP contribution in [0.15, 0.2) is 30.3 Å². The number of anilines is 1. The summed E-state index contributed by atoms with van der Waals surface area (Å²) in [6, 6.07) is 8.06. The van der Waals surface area contributed by atoms with Crippen LogP contribution < -0.4 is 11.1 Å². The molecule has 86 valence electrons. The van der Waals surface area contributed by atoms with Gasteiger partial charge in [0.05, 0.1) is 5.56 Å². The molecule has 0 fully saturated rings. The number of phenols is 1. The minimum absolute atomic E-state index is 0.0563. The van der Waals surface area contributed by atoms with Gasteiger partial charge in [0.25, 0.3) is 5.91 Å². The molecule has 0 aliphatic rings. The summed E-state index contributed by atoms with van der Waals surface area (Å²) in [6.45, 7) is 0. The zero-order valence-corrected chi connectivity index (χ0v) is 8.81. The van der Waals surface area contributed by atoms with Crippen LogP contribution in [0.1, 0.15) is 10.4 Å². The van der Waals surface area contributed by atoms with Crippen molar-refractivity contribution in [3.63, 3.8) is 0 Å². The molecular weight excluding hydrogens is 220 g/mol. The van der Waals surface area contributed by atoms with Gasteiger partial charge in [-0.2, -0.15) is 0 Å². The molecule has 2 amide bonds. The van der Waals surface area contributed by atoms with Gasteiger partial charge in [-0.05, 0) is 12.1 Å². The van der Waals surface area contributed by atoms with Crippen LogP contribution in [0.2, 0.25) is 0 Å². The Balaban J connectivity index is 2.75. The number of hydrogen-bond donors (Lipinski definition) is 3. The monoisotopic (exact) mass is 230 g/mol. The summed E-state index contributed by atoms with van der Waals surface area (Å²) in [5.41, 5.74) is 5.75. The minimum Gasteiger partial charge on any atom is -0.506 e. The maximum Gasteiger partial charge on any atom is 0.252 e. The molecule has 4 N–H and O–H groups in total. The van der Waals surface area contributed by atoms with Gasteiger partial charge in [-0.1, -0.05) is 18.2 Å². The number of carbonyl (C=O) groups is 2. The maximum atomic E-state index is 11.1. The molecule has 0 saturated heterocycles. The number of fused-ring (bicyclic) bond motifs is 1. The van der Waals surface area contributed by atoms with Gasteiger partial charge in [-0.15, -0.1) is 0 Å². The number of rotatable bonds is 3. The highest BCUT2D eigenvalue weighted by Crippen LogP contribution is 2.32. The zero-order chi connectivity index (χ0) is 12.4. The lowest BCUT2D eigenvalue weighted by Gasteiger charge is -2.08. The van der Waals surface area contributed by atoms with E-state index in [9.17, 15) is 14.7 Å². The summed E-state index contributed by atoms with van der Waals surface area (Å²) in [5.74, 6) is -0.873. The predicted molar refractivity (Wildman–Crippen MR) is 63.8 cm³/mol. The number of nitrogens with two attached hydrogens (primary N) is 1. The molecule has 2 rings (SSSR count). The maximum absolute atomic E-state index is 11.1. The second kappa shape index (κ2) is 4.13. The van der Waals surface area contributed by atoms with Crippen molar-refractivity contribution in [3.8, 4) is 5.75 Å². The molecule has 17 heavy (non-hydrogen) atoms. The highest BCUT2D eigenvalue weighted by Gasteiger charge is 2.12. The van der Waals surface area contributed by atoms with E-state index >= 15 is 0 Å². The number of benzene rings is 2. The Hall–Kier alpha value is -2.56. The number of amides is 2. The molecule has 0 aliphatic heterocycles. The van der Waals surface area contributed by atoms with E-state index in [4.69, 9.17) is 5.73 Å². The number of carbonyl (C=O) groups excluding carboxylic acids is 2. The molecule has 0 aromatic heterocycles. The fourth-order valence-corrected chi connectivity index (χ4v) is 1.73. The summed E-state index contributed by atoms with van der Waals surface area (Å²) in [7, 11) is 0. The van der Waals surface area contributed by atoms with Crippen LogP contribution in [0.5, 0.6) is 5.75 Å². The lowest BCUT2D eigenvalue weighted by molar-refractivity contribution is -0.105. The molecule has 0 atom stereocenters. The first-order valence-corrected chi connectivity index (χ1v) is 4.90. The number of aromatic hydroxyl groups is 1. The summed E-state index contributed by atoms with van der Waals surface area (Å²) >= 11 is 0. The average Bonchev–Trinajstić information content (AvgIpc) is 2.30. The van der Waals surface area contributed by atoms with E-state index in [0.717, 1.165) is 0 Å². The van der Waals surface area contributed by atoms with Crippen molar-refractivity contribution in [3.05, 3.63) is 35.9 Å². The van der Waals surface area contributed by atoms with Gasteiger partial charge in [-0.25, -0.2) is 0 Å². The van der Waals surface area contributed by atoms with Crippen LogP contribution in [-0.4, -0.2) is 17.4 Å². The minimum atomic E-state index is -0.696. The highest BCUT2D eigenvalue weighted by atomic mass is 16.3. The van der Waals surface area contributed by atoms with Crippen molar-refractivity contribution in [2.24, 2.45) is 5.73 Å². The Bertz CT molecular complexity index is 608. The van der Waals surface area contributed by atoms with E-state index in [-0.39, 0.29) is 11.3 Å². The van der Waals surface area contributed by atoms with Crippen LogP contribution in [0.3, 0.4) is 0 Å². The Morgan fingerprint density at radius 3 is 2.65 bits per heavy atom. The van der Waals surface area contributed by atoms with Crippen LogP contribution >= 0.6 is 0 Å². The summed E-state index contributed by atoms with van der Waals surface area (Å²) < 4.78 is 0. The smallest absolute Gasteiger partial charge is 0.252 e. The van der Waals surface area contributed by atoms with Crippen molar-refractivity contribution < 1.29 is 14.7 Å². The predicted octanol–water partition coefficient (Wildman–Crippen LogP) is 1.21. The first-order chi connectivity index (χ1) is 8.15. The number of primary amides is 1. The Morgan fingerprint density at radius 1 is 1.24 bits per heavy atom. The van der Waals surface area contributed by atoms with Crippen molar-refractivity contribution in [1.82, 2.24) is 0 Å². The molecule has 0 bridgehead atoms. The normalized spacial score (nSPS) is 10.1. The van der Waals surface area contributed by atoms with E-state index in [1.54, 1.807) is 24.3 Å². The number of hydrogen-bond acceptors (Lipinski definition) is 3. The Labute approximate surface area is 96.8 Å². The third-order valence-corrected chi connectivity index (χ3v) is 2.51. The van der Waals surface area contributed by atoms with Gasteiger partial charge in [0.2, 0.25) is 6.41 Å². The van der Waals surface area contributed by atoms with Gasteiger partial charge >= 0.3 is 0 Å². The van der Waals surface area contributed by atoms with Gasteiger partial charge in [0.1, 0.15) is 5.75 Å². The first kappa shape index (κ1) is 10.9. The lowest BCUT2D eigenvalue weighted by Crippen LogP contribution is -2.11. The van der Waals surface area contributed by atoms with E-state index < -0.39 is 5.91 Å². The van der Waals surface area contributed by atoms with Crippen LogP contribution in [0.4, 0.5) is 5.69 Å². The standard InChI is InChI=1S/C12H10N2O3/c13-12(17)9-5-4-7-8(11(9)16)2-1-3-10(7)14-6-15/h1-6,16H,(H2,13,17)(H,14,15). The second-order valence-electron chi connectivity index (χ2n) is 3.49. The molecule has 5 nitrogen and oxygen atoms in total. The van der Waals surface area contributed by atoms with Crippen LogP contribution in [0.25, 0.3) is 10.8 Å². The van der Waals surface area contributed by atoms with Crippen LogP contribution in [-0.2, 0) is 4.79 Å². The van der Waals surface area contributed by atoms with Crippen molar-refractivity contribution in [2.75, 3.05) is 5.32 Å².